The Hall–Kier alpha value is -2.14. The van der Waals surface area contributed by atoms with E-state index in [0.717, 1.165) is 43.3 Å². The van der Waals surface area contributed by atoms with Gasteiger partial charge < -0.3 is 24.4 Å². The summed E-state index contributed by atoms with van der Waals surface area (Å²) in [7, 11) is 3.06. The van der Waals surface area contributed by atoms with Gasteiger partial charge in [-0.2, -0.15) is 0 Å². The summed E-state index contributed by atoms with van der Waals surface area (Å²) in [5.74, 6) is -0.115. The van der Waals surface area contributed by atoms with Crippen LogP contribution in [0.25, 0.3) is 0 Å². The molecule has 1 amide bonds. The number of amides is 1. The number of hydrogen-bond acceptors (Lipinski definition) is 9. The summed E-state index contributed by atoms with van der Waals surface area (Å²) in [4.78, 5) is 34.4. The number of ether oxygens (including phenoxy) is 3. The summed E-state index contributed by atoms with van der Waals surface area (Å²) in [6.07, 6.45) is 1.18. The predicted molar refractivity (Wildman–Crippen MR) is 123 cm³/mol. The normalized spacial score (nSPS) is 23.8. The van der Waals surface area contributed by atoms with Crippen LogP contribution in [-0.2, 0) is 25.5 Å². The number of benzene rings is 1. The molecule has 0 bridgehead atoms. The lowest BCUT2D eigenvalue weighted by Gasteiger charge is -2.26. The van der Waals surface area contributed by atoms with Crippen LogP contribution in [0.1, 0.15) is 22.3 Å². The third kappa shape index (κ3) is 5.43. The van der Waals surface area contributed by atoms with Gasteiger partial charge in [0, 0.05) is 45.6 Å². The summed E-state index contributed by atoms with van der Waals surface area (Å²) in [5.41, 5.74) is 1.79. The lowest BCUT2D eigenvalue weighted by Crippen LogP contribution is -2.35. The second-order valence-electron chi connectivity index (χ2n) is 8.08. The quantitative estimate of drug-likeness (QED) is 0.635. The van der Waals surface area contributed by atoms with Crippen LogP contribution < -0.4 is 5.32 Å². The number of esters is 1. The molecule has 0 aromatic heterocycles. The van der Waals surface area contributed by atoms with Crippen molar-refractivity contribution in [1.82, 2.24) is 9.80 Å². The number of anilines is 1. The van der Waals surface area contributed by atoms with E-state index in [1.54, 1.807) is 31.0 Å². The molecule has 2 fully saturated rings. The molecule has 4 rings (SSSR count). The van der Waals surface area contributed by atoms with Gasteiger partial charge in [0.2, 0.25) is 5.91 Å². The van der Waals surface area contributed by atoms with E-state index in [2.05, 4.69) is 20.1 Å². The summed E-state index contributed by atoms with van der Waals surface area (Å²) < 4.78 is 15.8. The highest BCUT2D eigenvalue weighted by atomic mass is 32.2. The first-order chi connectivity index (χ1) is 15.6. The number of morpholine rings is 1. The molecule has 3 heterocycles. The Morgan fingerprint density at radius 1 is 1.25 bits per heavy atom. The number of hydrogen-bond donors (Lipinski definition) is 1. The largest absolute Gasteiger partial charge is 0.465 e. The molecular weight excluding hydrogens is 432 g/mol. The highest BCUT2D eigenvalue weighted by molar-refractivity contribution is 8.14. The van der Waals surface area contributed by atoms with E-state index in [-0.39, 0.29) is 12.0 Å². The highest BCUT2D eigenvalue weighted by Gasteiger charge is 2.32. The van der Waals surface area contributed by atoms with Gasteiger partial charge in [-0.15, -0.1) is 0 Å². The van der Waals surface area contributed by atoms with Crippen molar-refractivity contribution in [2.45, 2.75) is 25.1 Å². The Morgan fingerprint density at radius 2 is 2.06 bits per heavy atom. The first kappa shape index (κ1) is 23.0. The van der Waals surface area contributed by atoms with Gasteiger partial charge in [0.05, 0.1) is 37.7 Å². The van der Waals surface area contributed by atoms with Crippen LogP contribution in [0, 0.1) is 0 Å². The molecule has 1 N–H and O–H groups in total. The smallest absolute Gasteiger partial charge is 0.339 e. The number of amidine groups is 1. The lowest BCUT2D eigenvalue weighted by atomic mass is 10.1. The van der Waals surface area contributed by atoms with Crippen LogP contribution >= 0.6 is 11.8 Å². The number of likely N-dealkylation sites (tertiary alicyclic amines) is 1. The van der Waals surface area contributed by atoms with Crippen molar-refractivity contribution in [2.75, 3.05) is 64.7 Å². The zero-order chi connectivity index (χ0) is 22.5. The second kappa shape index (κ2) is 10.7. The Balaban J connectivity index is 1.43. The topological polar surface area (TPSA) is 92.7 Å². The molecule has 0 spiro atoms. The molecule has 0 saturated carbocycles. The van der Waals surface area contributed by atoms with Crippen molar-refractivity contribution < 1.29 is 23.8 Å². The van der Waals surface area contributed by atoms with Gasteiger partial charge >= 0.3 is 5.97 Å². The molecule has 3 aliphatic rings. The molecule has 0 radical (unpaired) electrons. The third-order valence-corrected chi connectivity index (χ3v) is 7.05. The average Bonchev–Trinajstić information content (AvgIpc) is 3.50. The van der Waals surface area contributed by atoms with E-state index in [4.69, 9.17) is 14.2 Å². The minimum Gasteiger partial charge on any atom is -0.465 e. The third-order valence-electron chi connectivity index (χ3n) is 5.95. The number of nitrogens with zero attached hydrogens (tertiary/aromatic N) is 3. The van der Waals surface area contributed by atoms with E-state index in [9.17, 15) is 9.59 Å². The van der Waals surface area contributed by atoms with Crippen LogP contribution in [0.3, 0.4) is 0 Å². The molecule has 10 heteroatoms. The number of aliphatic imine (C=N–C) groups is 1. The monoisotopic (exact) mass is 462 g/mol. The van der Waals surface area contributed by atoms with E-state index in [0.29, 0.717) is 36.8 Å². The molecule has 1 aromatic rings. The van der Waals surface area contributed by atoms with Crippen LogP contribution in [-0.4, -0.2) is 98.4 Å². The average molecular weight is 463 g/mol. The molecular formula is C22H30N4O5S. The van der Waals surface area contributed by atoms with Crippen molar-refractivity contribution in [3.05, 3.63) is 29.3 Å². The number of carbonyl (C=O) groups excluding carboxylic acids is 2. The summed E-state index contributed by atoms with van der Waals surface area (Å²) in [6, 6.07) is 5.01. The van der Waals surface area contributed by atoms with Crippen LogP contribution in [0.2, 0.25) is 0 Å². The fourth-order valence-electron chi connectivity index (χ4n) is 4.07. The van der Waals surface area contributed by atoms with E-state index < -0.39 is 12.0 Å². The number of nitrogens with one attached hydrogen (secondary N) is 1. The van der Waals surface area contributed by atoms with E-state index in [1.165, 1.54) is 7.11 Å². The summed E-state index contributed by atoms with van der Waals surface area (Å²) >= 11 is 1.59. The number of methoxy groups -OCH3 is 2. The SMILES string of the molecule is COC(=O)c1cc(CN2CCOCC2)ccc1NC(=O)C1CSC(N2CC[C@H](OC)C2)=N1. The molecule has 2 saturated heterocycles. The zero-order valence-electron chi connectivity index (χ0n) is 18.5. The first-order valence-electron chi connectivity index (χ1n) is 10.9. The summed E-state index contributed by atoms with van der Waals surface area (Å²) in [5, 5.41) is 3.78. The Morgan fingerprint density at radius 3 is 2.78 bits per heavy atom. The number of carbonyl (C=O) groups is 2. The Labute approximate surface area is 192 Å². The van der Waals surface area contributed by atoms with Gasteiger partial charge in [-0.1, -0.05) is 17.8 Å². The Bertz CT molecular complexity index is 874. The molecule has 1 unspecified atom stereocenters. The highest BCUT2D eigenvalue weighted by Crippen LogP contribution is 2.26. The maximum atomic E-state index is 12.9. The van der Waals surface area contributed by atoms with Crippen molar-refractivity contribution in [2.24, 2.45) is 4.99 Å². The number of rotatable bonds is 6. The van der Waals surface area contributed by atoms with Crippen molar-refractivity contribution in [1.29, 1.82) is 0 Å². The minimum atomic E-state index is -0.491. The predicted octanol–water partition coefficient (Wildman–Crippen LogP) is 1.44. The molecule has 2 atom stereocenters. The van der Waals surface area contributed by atoms with Gasteiger partial charge in [0.25, 0.3) is 0 Å². The van der Waals surface area contributed by atoms with Crippen molar-refractivity contribution >= 4 is 34.5 Å². The lowest BCUT2D eigenvalue weighted by molar-refractivity contribution is -0.116. The summed E-state index contributed by atoms with van der Waals surface area (Å²) in [6.45, 7) is 5.53. The minimum absolute atomic E-state index is 0.213. The molecule has 1 aromatic carbocycles. The molecule has 9 nitrogen and oxygen atoms in total. The van der Waals surface area contributed by atoms with Gasteiger partial charge in [-0.05, 0) is 24.1 Å². The fourth-order valence-corrected chi connectivity index (χ4v) is 5.16. The molecule has 32 heavy (non-hydrogen) atoms. The first-order valence-corrected chi connectivity index (χ1v) is 11.9. The maximum absolute atomic E-state index is 12.9. The standard InChI is InChI=1S/C22H30N4O5S/c1-29-16-5-6-26(13-16)22-24-19(14-32-22)20(27)23-18-4-3-15(11-17(18)21(28)30-2)12-25-7-9-31-10-8-25/h3-4,11,16,19H,5-10,12-14H2,1-2H3,(H,23,27)/t16-,19?/m0/s1. The van der Waals surface area contributed by atoms with Crippen LogP contribution in [0.5, 0.6) is 0 Å². The van der Waals surface area contributed by atoms with E-state index >= 15 is 0 Å². The van der Waals surface area contributed by atoms with E-state index in [1.807, 2.05) is 6.07 Å². The Kier molecular flexibility index (Phi) is 7.67. The molecule has 174 valence electrons. The van der Waals surface area contributed by atoms with Crippen LogP contribution in [0.4, 0.5) is 5.69 Å². The van der Waals surface area contributed by atoms with Gasteiger partial charge in [0.1, 0.15) is 6.04 Å². The fraction of sp³-hybridized carbons (Fsp3) is 0.591. The maximum Gasteiger partial charge on any atom is 0.339 e. The van der Waals surface area contributed by atoms with Gasteiger partial charge in [-0.25, -0.2) is 9.79 Å². The van der Waals surface area contributed by atoms with Crippen LogP contribution in [0.15, 0.2) is 23.2 Å². The van der Waals surface area contributed by atoms with Crippen molar-refractivity contribution in [3.63, 3.8) is 0 Å². The van der Waals surface area contributed by atoms with Gasteiger partial charge in [-0.3, -0.25) is 9.69 Å². The second-order valence-corrected chi connectivity index (χ2v) is 9.07. The van der Waals surface area contributed by atoms with Crippen molar-refractivity contribution in [3.8, 4) is 0 Å². The number of thioether (sulfide) groups is 1. The molecule has 3 aliphatic heterocycles. The van der Waals surface area contributed by atoms with Gasteiger partial charge in [0.15, 0.2) is 5.17 Å². The molecule has 0 aliphatic carbocycles. The zero-order valence-corrected chi connectivity index (χ0v) is 19.4.